The number of aromatic carboxylic acids is 1. The van der Waals surface area contributed by atoms with Gasteiger partial charge < -0.3 is 9.84 Å². The Hall–Kier alpha value is -2.34. The monoisotopic (exact) mass is 306 g/mol. The van der Waals surface area contributed by atoms with Crippen LogP contribution in [0.1, 0.15) is 15.9 Å². The van der Waals surface area contributed by atoms with Gasteiger partial charge in [0.25, 0.3) is 0 Å². The fourth-order valence-corrected chi connectivity index (χ4v) is 3.48. The summed E-state index contributed by atoms with van der Waals surface area (Å²) in [5.74, 6) is -1.10. The van der Waals surface area contributed by atoms with E-state index in [9.17, 15) is 13.2 Å². The molecule has 0 bridgehead atoms. The van der Waals surface area contributed by atoms with E-state index < -0.39 is 15.8 Å². The van der Waals surface area contributed by atoms with E-state index >= 15 is 0 Å². The molecule has 2 rings (SSSR count). The van der Waals surface area contributed by atoms with Crippen LogP contribution >= 0.6 is 0 Å². The van der Waals surface area contributed by atoms with Crippen molar-refractivity contribution in [2.45, 2.75) is 10.6 Å². The predicted octanol–water partition coefficient (Wildman–Crippen LogP) is 2.37. The smallest absolute Gasteiger partial charge is 0.335 e. The van der Waals surface area contributed by atoms with Crippen LogP contribution in [0.15, 0.2) is 53.4 Å². The highest BCUT2D eigenvalue weighted by Crippen LogP contribution is 2.26. The Balaban J connectivity index is 2.38. The highest BCUT2D eigenvalue weighted by molar-refractivity contribution is 7.90. The molecule has 0 fully saturated rings. The predicted molar refractivity (Wildman–Crippen MR) is 77.3 cm³/mol. The molecule has 0 atom stereocenters. The van der Waals surface area contributed by atoms with E-state index in [1.54, 1.807) is 24.3 Å². The minimum Gasteiger partial charge on any atom is -0.495 e. The van der Waals surface area contributed by atoms with Crippen molar-refractivity contribution in [3.8, 4) is 5.75 Å². The van der Waals surface area contributed by atoms with Gasteiger partial charge in [0, 0.05) is 0 Å². The Morgan fingerprint density at radius 2 is 1.86 bits per heavy atom. The van der Waals surface area contributed by atoms with Crippen LogP contribution in [0.2, 0.25) is 0 Å². The SMILES string of the molecule is COc1ccccc1S(=O)(=O)Cc1cccc(C(=O)O)c1. The molecule has 1 N–H and O–H groups in total. The van der Waals surface area contributed by atoms with Crippen molar-refractivity contribution in [3.63, 3.8) is 0 Å². The standard InChI is InChI=1S/C15H14O5S/c1-20-13-7-2-3-8-14(13)21(18,19)10-11-5-4-6-12(9-11)15(16)17/h2-9H,10H2,1H3,(H,16,17). The fourth-order valence-electron chi connectivity index (χ4n) is 1.97. The van der Waals surface area contributed by atoms with Gasteiger partial charge in [0.2, 0.25) is 0 Å². The van der Waals surface area contributed by atoms with Gasteiger partial charge in [0.05, 0.1) is 18.4 Å². The van der Waals surface area contributed by atoms with Crippen LogP contribution in [0.5, 0.6) is 5.75 Å². The summed E-state index contributed by atoms with van der Waals surface area (Å²) >= 11 is 0. The molecule has 0 unspecified atom stereocenters. The lowest BCUT2D eigenvalue weighted by molar-refractivity contribution is 0.0696. The zero-order valence-electron chi connectivity index (χ0n) is 11.3. The summed E-state index contributed by atoms with van der Waals surface area (Å²) in [6.45, 7) is 0. The van der Waals surface area contributed by atoms with Crippen LogP contribution in [0, 0.1) is 0 Å². The second-order valence-electron chi connectivity index (χ2n) is 4.42. The second-order valence-corrected chi connectivity index (χ2v) is 6.37. The molecule has 0 aliphatic heterocycles. The zero-order chi connectivity index (χ0) is 15.5. The van der Waals surface area contributed by atoms with Gasteiger partial charge in [-0.2, -0.15) is 0 Å². The molecular weight excluding hydrogens is 292 g/mol. The number of carbonyl (C=O) groups is 1. The number of carboxylic acids is 1. The maximum atomic E-state index is 12.4. The van der Waals surface area contributed by atoms with Crippen molar-refractivity contribution in [1.29, 1.82) is 0 Å². The summed E-state index contributed by atoms with van der Waals surface area (Å²) in [6.07, 6.45) is 0. The molecule has 0 spiro atoms. The van der Waals surface area contributed by atoms with Crippen molar-refractivity contribution >= 4 is 15.8 Å². The molecule has 5 nitrogen and oxygen atoms in total. The second kappa shape index (κ2) is 5.97. The number of hydrogen-bond donors (Lipinski definition) is 1. The molecule has 0 radical (unpaired) electrons. The molecule has 0 saturated carbocycles. The number of methoxy groups -OCH3 is 1. The number of rotatable bonds is 5. The topological polar surface area (TPSA) is 80.7 Å². The number of hydrogen-bond acceptors (Lipinski definition) is 4. The number of sulfone groups is 1. The molecule has 0 saturated heterocycles. The summed E-state index contributed by atoms with van der Waals surface area (Å²) in [5.41, 5.74) is 0.475. The molecule has 21 heavy (non-hydrogen) atoms. The number of benzene rings is 2. The summed E-state index contributed by atoms with van der Waals surface area (Å²) < 4.78 is 29.9. The molecule has 0 aliphatic rings. The van der Waals surface area contributed by atoms with Gasteiger partial charge in [0.15, 0.2) is 9.84 Å². The van der Waals surface area contributed by atoms with Crippen LogP contribution < -0.4 is 4.74 Å². The Labute approximate surface area is 122 Å². The molecule has 0 heterocycles. The number of ether oxygens (including phenoxy) is 1. The van der Waals surface area contributed by atoms with E-state index in [4.69, 9.17) is 9.84 Å². The first-order chi connectivity index (χ1) is 9.94. The zero-order valence-corrected chi connectivity index (χ0v) is 12.1. The van der Waals surface area contributed by atoms with Crippen molar-refractivity contribution in [3.05, 3.63) is 59.7 Å². The highest BCUT2D eigenvalue weighted by Gasteiger charge is 2.20. The highest BCUT2D eigenvalue weighted by atomic mass is 32.2. The Morgan fingerprint density at radius 3 is 2.52 bits per heavy atom. The molecule has 2 aromatic carbocycles. The lowest BCUT2D eigenvalue weighted by Gasteiger charge is -2.09. The third kappa shape index (κ3) is 3.41. The Morgan fingerprint density at radius 1 is 1.14 bits per heavy atom. The largest absolute Gasteiger partial charge is 0.495 e. The molecule has 6 heteroatoms. The van der Waals surface area contributed by atoms with Gasteiger partial charge in [-0.25, -0.2) is 13.2 Å². The van der Waals surface area contributed by atoms with Gasteiger partial charge in [-0.15, -0.1) is 0 Å². The average Bonchev–Trinajstić information content (AvgIpc) is 2.47. The molecular formula is C15H14O5S. The average molecular weight is 306 g/mol. The van der Waals surface area contributed by atoms with Crippen LogP contribution in [-0.4, -0.2) is 26.6 Å². The third-order valence-corrected chi connectivity index (χ3v) is 4.66. The maximum absolute atomic E-state index is 12.4. The minimum atomic E-state index is -3.62. The van der Waals surface area contributed by atoms with E-state index in [1.165, 1.54) is 31.4 Å². The molecule has 0 amide bonds. The van der Waals surface area contributed by atoms with Crippen molar-refractivity contribution in [2.75, 3.05) is 7.11 Å². The van der Waals surface area contributed by atoms with E-state index in [0.29, 0.717) is 5.56 Å². The van der Waals surface area contributed by atoms with Gasteiger partial charge in [0.1, 0.15) is 10.6 Å². The van der Waals surface area contributed by atoms with Crippen molar-refractivity contribution < 1.29 is 23.1 Å². The summed E-state index contributed by atoms with van der Waals surface area (Å²) in [5, 5.41) is 8.94. The number of carboxylic acid groups (broad SMARTS) is 1. The molecule has 2 aromatic rings. The number of para-hydroxylation sites is 1. The quantitative estimate of drug-likeness (QED) is 0.917. The fraction of sp³-hybridized carbons (Fsp3) is 0.133. The Bertz CT molecular complexity index is 765. The first kappa shape index (κ1) is 15.1. The maximum Gasteiger partial charge on any atom is 0.335 e. The van der Waals surface area contributed by atoms with Gasteiger partial charge in [-0.1, -0.05) is 24.3 Å². The summed E-state index contributed by atoms with van der Waals surface area (Å²) in [7, 11) is -2.21. The lowest BCUT2D eigenvalue weighted by atomic mass is 10.1. The third-order valence-electron chi connectivity index (χ3n) is 2.93. The first-order valence-corrected chi connectivity index (χ1v) is 7.77. The lowest BCUT2D eigenvalue weighted by Crippen LogP contribution is -2.07. The van der Waals surface area contributed by atoms with Crippen LogP contribution in [0.3, 0.4) is 0 Å². The Kier molecular flexibility index (Phi) is 4.28. The van der Waals surface area contributed by atoms with E-state index in [2.05, 4.69) is 0 Å². The normalized spacial score (nSPS) is 11.1. The minimum absolute atomic E-state index is 0.0581. The first-order valence-electron chi connectivity index (χ1n) is 6.12. The molecule has 110 valence electrons. The van der Waals surface area contributed by atoms with E-state index in [-0.39, 0.29) is 22.0 Å². The summed E-state index contributed by atoms with van der Waals surface area (Å²) in [6, 6.07) is 12.2. The van der Waals surface area contributed by atoms with E-state index in [0.717, 1.165) is 0 Å². The van der Waals surface area contributed by atoms with Crippen LogP contribution in [0.25, 0.3) is 0 Å². The van der Waals surface area contributed by atoms with Crippen molar-refractivity contribution in [1.82, 2.24) is 0 Å². The molecule has 0 aliphatic carbocycles. The van der Waals surface area contributed by atoms with Gasteiger partial charge in [-0.3, -0.25) is 0 Å². The summed E-state index contributed by atoms with van der Waals surface area (Å²) in [4.78, 5) is 11.0. The van der Waals surface area contributed by atoms with Gasteiger partial charge in [-0.05, 0) is 29.8 Å². The molecule has 0 aromatic heterocycles. The van der Waals surface area contributed by atoms with Crippen LogP contribution in [-0.2, 0) is 15.6 Å². The van der Waals surface area contributed by atoms with Crippen LogP contribution in [0.4, 0.5) is 0 Å². The van der Waals surface area contributed by atoms with Gasteiger partial charge >= 0.3 is 5.97 Å². The van der Waals surface area contributed by atoms with Crippen molar-refractivity contribution in [2.24, 2.45) is 0 Å². The van der Waals surface area contributed by atoms with E-state index in [1.807, 2.05) is 0 Å².